The van der Waals surface area contributed by atoms with E-state index in [0.29, 0.717) is 0 Å². The summed E-state index contributed by atoms with van der Waals surface area (Å²) in [7, 11) is 0. The molecule has 0 bridgehead atoms. The van der Waals surface area contributed by atoms with Crippen molar-refractivity contribution < 1.29 is 0 Å². The molecule has 2 aliphatic rings. The highest BCUT2D eigenvalue weighted by Crippen LogP contribution is 2.20. The summed E-state index contributed by atoms with van der Waals surface area (Å²) in [4.78, 5) is 0. The second-order valence-corrected chi connectivity index (χ2v) is 4.07. The molecule has 1 saturated heterocycles. The van der Waals surface area contributed by atoms with Crippen LogP contribution in [0.1, 0.15) is 26.2 Å². The average molecular weight is 154 g/mol. The van der Waals surface area contributed by atoms with E-state index >= 15 is 0 Å². The molecular weight excluding hydrogens is 136 g/mol. The lowest BCUT2D eigenvalue weighted by atomic mass is 10.2. The van der Waals surface area contributed by atoms with Gasteiger partial charge < -0.3 is 10.6 Å². The number of rotatable bonds is 0. The normalized spacial score (nSPS) is 45.0. The molecule has 1 heterocycles. The van der Waals surface area contributed by atoms with Gasteiger partial charge in [-0.05, 0) is 31.8 Å². The summed E-state index contributed by atoms with van der Waals surface area (Å²) in [5.41, 5.74) is 0. The first-order valence-electron chi connectivity index (χ1n) is 4.83. The Morgan fingerprint density at radius 3 is 2.09 bits per heavy atom. The van der Waals surface area contributed by atoms with Crippen LogP contribution in [0.2, 0.25) is 0 Å². The van der Waals surface area contributed by atoms with Gasteiger partial charge in [0.1, 0.15) is 0 Å². The van der Waals surface area contributed by atoms with Crippen molar-refractivity contribution in [1.82, 2.24) is 10.6 Å². The molecule has 2 fully saturated rings. The Kier molecular flexibility index (Phi) is 2.14. The van der Waals surface area contributed by atoms with E-state index in [4.69, 9.17) is 0 Å². The van der Waals surface area contributed by atoms with E-state index < -0.39 is 0 Å². The molecule has 1 aliphatic carbocycles. The van der Waals surface area contributed by atoms with Crippen molar-refractivity contribution >= 4 is 0 Å². The van der Waals surface area contributed by atoms with Gasteiger partial charge in [0.2, 0.25) is 0 Å². The van der Waals surface area contributed by atoms with Crippen LogP contribution in [-0.4, -0.2) is 25.2 Å². The lowest BCUT2D eigenvalue weighted by molar-refractivity contribution is 0.460. The minimum Gasteiger partial charge on any atom is -0.312 e. The van der Waals surface area contributed by atoms with Crippen molar-refractivity contribution in [2.45, 2.75) is 38.3 Å². The summed E-state index contributed by atoms with van der Waals surface area (Å²) in [5.74, 6) is 0.806. The molecule has 3 atom stereocenters. The van der Waals surface area contributed by atoms with E-state index in [9.17, 15) is 0 Å². The first-order valence-corrected chi connectivity index (χ1v) is 4.83. The zero-order valence-electron chi connectivity index (χ0n) is 7.27. The smallest absolute Gasteiger partial charge is 0.0221 e. The highest BCUT2D eigenvalue weighted by Gasteiger charge is 2.28. The highest BCUT2D eigenvalue weighted by atomic mass is 15.1. The van der Waals surface area contributed by atoms with Gasteiger partial charge >= 0.3 is 0 Å². The molecule has 0 aromatic rings. The quantitative estimate of drug-likeness (QED) is 0.537. The fourth-order valence-electron chi connectivity index (χ4n) is 2.23. The molecule has 2 rings (SSSR count). The van der Waals surface area contributed by atoms with Crippen molar-refractivity contribution in [3.63, 3.8) is 0 Å². The van der Waals surface area contributed by atoms with Crippen LogP contribution in [0.5, 0.6) is 0 Å². The number of nitrogens with one attached hydrogen (secondary N) is 2. The van der Waals surface area contributed by atoms with Crippen molar-refractivity contribution in [2.75, 3.05) is 13.1 Å². The van der Waals surface area contributed by atoms with Gasteiger partial charge in [-0.3, -0.25) is 0 Å². The Bertz CT molecular complexity index is 122. The monoisotopic (exact) mass is 154 g/mol. The summed E-state index contributed by atoms with van der Waals surface area (Å²) in [6, 6.07) is 1.56. The molecule has 0 amide bonds. The van der Waals surface area contributed by atoms with E-state index in [2.05, 4.69) is 17.6 Å². The van der Waals surface area contributed by atoms with Gasteiger partial charge in [0.05, 0.1) is 0 Å². The summed E-state index contributed by atoms with van der Waals surface area (Å²) in [6.07, 6.45) is 4.17. The Morgan fingerprint density at radius 2 is 1.55 bits per heavy atom. The third kappa shape index (κ3) is 1.57. The number of hydrogen-bond donors (Lipinski definition) is 2. The van der Waals surface area contributed by atoms with Gasteiger partial charge in [-0.2, -0.15) is 0 Å². The minimum atomic E-state index is 0.778. The molecule has 1 aliphatic heterocycles. The van der Waals surface area contributed by atoms with Crippen molar-refractivity contribution in [1.29, 1.82) is 0 Å². The predicted molar refractivity (Wildman–Crippen MR) is 46.6 cm³/mol. The molecule has 2 N–H and O–H groups in total. The maximum atomic E-state index is 3.63. The van der Waals surface area contributed by atoms with Crippen molar-refractivity contribution in [3.8, 4) is 0 Å². The standard InChI is InChI=1S/C9H18N2/c1-7-5-10-8-3-2-4-9(8)11-6-7/h7-11H,2-6H2,1H3/t7?,8-,9+. The third-order valence-electron chi connectivity index (χ3n) is 2.97. The Morgan fingerprint density at radius 1 is 1.00 bits per heavy atom. The second-order valence-electron chi connectivity index (χ2n) is 4.07. The largest absolute Gasteiger partial charge is 0.312 e. The third-order valence-corrected chi connectivity index (χ3v) is 2.97. The molecule has 0 aromatic heterocycles. The minimum absolute atomic E-state index is 0.778. The molecule has 64 valence electrons. The van der Waals surface area contributed by atoms with Crippen LogP contribution in [0.15, 0.2) is 0 Å². The average Bonchev–Trinajstić information content (AvgIpc) is 2.38. The maximum Gasteiger partial charge on any atom is 0.0221 e. The van der Waals surface area contributed by atoms with Crippen LogP contribution in [0.3, 0.4) is 0 Å². The fraction of sp³-hybridized carbons (Fsp3) is 1.00. The van der Waals surface area contributed by atoms with Crippen LogP contribution < -0.4 is 10.6 Å². The summed E-state index contributed by atoms with van der Waals surface area (Å²) < 4.78 is 0. The summed E-state index contributed by atoms with van der Waals surface area (Å²) in [6.45, 7) is 4.71. The lowest BCUT2D eigenvalue weighted by Gasteiger charge is -2.16. The first kappa shape index (κ1) is 7.56. The van der Waals surface area contributed by atoms with E-state index in [1.54, 1.807) is 0 Å². The molecule has 0 radical (unpaired) electrons. The second kappa shape index (κ2) is 3.11. The van der Waals surface area contributed by atoms with Gasteiger partial charge in [0.25, 0.3) is 0 Å². The zero-order valence-corrected chi connectivity index (χ0v) is 7.27. The van der Waals surface area contributed by atoms with E-state index in [0.717, 1.165) is 18.0 Å². The fourth-order valence-corrected chi connectivity index (χ4v) is 2.23. The molecule has 1 unspecified atom stereocenters. The van der Waals surface area contributed by atoms with Gasteiger partial charge in [0, 0.05) is 12.1 Å². The first-order chi connectivity index (χ1) is 5.36. The molecule has 11 heavy (non-hydrogen) atoms. The Hall–Kier alpha value is -0.0800. The maximum absolute atomic E-state index is 3.63. The zero-order chi connectivity index (χ0) is 7.68. The molecule has 2 heteroatoms. The van der Waals surface area contributed by atoms with Gasteiger partial charge in [-0.1, -0.05) is 13.3 Å². The van der Waals surface area contributed by atoms with E-state index in [1.807, 2.05) is 0 Å². The summed E-state index contributed by atoms with van der Waals surface area (Å²) in [5, 5.41) is 7.26. The van der Waals surface area contributed by atoms with Crippen LogP contribution in [0.25, 0.3) is 0 Å². The Balaban J connectivity index is 1.95. The van der Waals surface area contributed by atoms with Gasteiger partial charge in [-0.15, -0.1) is 0 Å². The number of hydrogen-bond acceptors (Lipinski definition) is 2. The molecule has 0 aromatic carbocycles. The predicted octanol–water partition coefficient (Wildman–Crippen LogP) is 0.736. The molecule has 0 spiro atoms. The molecular formula is C9H18N2. The van der Waals surface area contributed by atoms with Gasteiger partial charge in [-0.25, -0.2) is 0 Å². The SMILES string of the molecule is CC1CN[C@H]2CCC[C@H]2NC1. The van der Waals surface area contributed by atoms with Crippen molar-refractivity contribution in [3.05, 3.63) is 0 Å². The number of fused-ring (bicyclic) bond motifs is 1. The van der Waals surface area contributed by atoms with Crippen LogP contribution in [0, 0.1) is 5.92 Å². The van der Waals surface area contributed by atoms with Crippen LogP contribution >= 0.6 is 0 Å². The summed E-state index contributed by atoms with van der Waals surface area (Å²) >= 11 is 0. The van der Waals surface area contributed by atoms with Crippen LogP contribution in [0.4, 0.5) is 0 Å². The van der Waals surface area contributed by atoms with Crippen LogP contribution in [-0.2, 0) is 0 Å². The van der Waals surface area contributed by atoms with Crippen molar-refractivity contribution in [2.24, 2.45) is 5.92 Å². The topological polar surface area (TPSA) is 24.1 Å². The highest BCUT2D eigenvalue weighted by molar-refractivity contribution is 4.91. The lowest BCUT2D eigenvalue weighted by Crippen LogP contribution is -2.40. The molecule has 1 saturated carbocycles. The molecule has 2 nitrogen and oxygen atoms in total. The van der Waals surface area contributed by atoms with E-state index in [-0.39, 0.29) is 0 Å². The Labute approximate surface area is 68.7 Å². The van der Waals surface area contributed by atoms with Gasteiger partial charge in [0.15, 0.2) is 0 Å². The van der Waals surface area contributed by atoms with E-state index in [1.165, 1.54) is 32.4 Å².